The van der Waals surface area contributed by atoms with Gasteiger partial charge in [0.2, 0.25) is 0 Å². The Morgan fingerprint density at radius 1 is 0.971 bits per heavy atom. The molecule has 3 aromatic carbocycles. The minimum atomic E-state index is -3.99. The van der Waals surface area contributed by atoms with Gasteiger partial charge >= 0.3 is 0 Å². The van der Waals surface area contributed by atoms with Crippen LogP contribution in [-0.4, -0.2) is 32.3 Å². The summed E-state index contributed by atoms with van der Waals surface area (Å²) in [7, 11) is -3.99. The topological polar surface area (TPSA) is 78.5 Å². The van der Waals surface area contributed by atoms with E-state index in [9.17, 15) is 13.2 Å². The molecule has 0 aromatic heterocycles. The van der Waals surface area contributed by atoms with Gasteiger partial charge in [-0.2, -0.15) is 0 Å². The van der Waals surface area contributed by atoms with E-state index in [1.807, 2.05) is 38.1 Å². The van der Waals surface area contributed by atoms with Crippen LogP contribution in [0.3, 0.4) is 0 Å². The summed E-state index contributed by atoms with van der Waals surface area (Å²) in [5, 5.41) is 2.94. The van der Waals surface area contributed by atoms with E-state index in [4.69, 9.17) is 11.6 Å². The fourth-order valence-electron chi connectivity index (χ4n) is 4.22. The number of nitrogens with one attached hydrogen (secondary N) is 2. The number of nitrogens with zero attached hydrogens (tertiary/aromatic N) is 1. The second-order valence-corrected chi connectivity index (χ2v) is 11.1. The standard InChI is InChI=1S/C27H30ClN3O3S/c1-19-8-9-20(2)25(14-19)30-35(33,34)26-16-23(10-11-24(26)28)27(32)29-17-21-6-5-7-22(15-21)18-31-12-3-4-13-31/h5-11,14-16,30H,3-4,12-13,17-18H2,1-2H3,(H,29,32). The normalized spacial score (nSPS) is 14.1. The van der Waals surface area contributed by atoms with Gasteiger partial charge in [-0.15, -0.1) is 0 Å². The minimum absolute atomic E-state index is 0.0500. The molecule has 3 aromatic rings. The quantitative estimate of drug-likeness (QED) is 0.431. The summed E-state index contributed by atoms with van der Waals surface area (Å²) >= 11 is 6.23. The summed E-state index contributed by atoms with van der Waals surface area (Å²) in [5.41, 5.74) is 4.63. The largest absolute Gasteiger partial charge is 0.348 e. The molecular formula is C27H30ClN3O3S. The Morgan fingerprint density at radius 3 is 2.49 bits per heavy atom. The number of benzene rings is 3. The van der Waals surface area contributed by atoms with Gasteiger partial charge in [0.15, 0.2) is 0 Å². The van der Waals surface area contributed by atoms with Crippen molar-refractivity contribution in [3.05, 3.63) is 93.5 Å². The van der Waals surface area contributed by atoms with Crippen LogP contribution in [0.15, 0.2) is 65.6 Å². The molecule has 1 heterocycles. The fraction of sp³-hybridized carbons (Fsp3) is 0.296. The molecule has 0 aliphatic carbocycles. The molecule has 0 radical (unpaired) electrons. The van der Waals surface area contributed by atoms with Gasteiger partial charge in [0.1, 0.15) is 4.90 Å². The average molecular weight is 512 g/mol. The highest BCUT2D eigenvalue weighted by molar-refractivity contribution is 7.92. The highest BCUT2D eigenvalue weighted by Crippen LogP contribution is 2.27. The van der Waals surface area contributed by atoms with Gasteiger partial charge in [-0.05, 0) is 86.3 Å². The molecule has 4 rings (SSSR count). The van der Waals surface area contributed by atoms with Crippen LogP contribution in [0.2, 0.25) is 5.02 Å². The Hall–Kier alpha value is -2.87. The van der Waals surface area contributed by atoms with E-state index in [1.165, 1.54) is 36.6 Å². The first-order chi connectivity index (χ1) is 16.7. The number of sulfonamides is 1. The molecule has 8 heteroatoms. The smallest absolute Gasteiger partial charge is 0.263 e. The molecule has 184 valence electrons. The van der Waals surface area contributed by atoms with E-state index in [1.54, 1.807) is 6.07 Å². The molecule has 0 unspecified atom stereocenters. The van der Waals surface area contributed by atoms with Crippen LogP contribution in [-0.2, 0) is 23.1 Å². The van der Waals surface area contributed by atoms with Crippen molar-refractivity contribution < 1.29 is 13.2 Å². The number of anilines is 1. The monoisotopic (exact) mass is 511 g/mol. The van der Waals surface area contributed by atoms with Crippen LogP contribution in [0.4, 0.5) is 5.69 Å². The van der Waals surface area contributed by atoms with Gasteiger partial charge in [0.05, 0.1) is 10.7 Å². The van der Waals surface area contributed by atoms with Gasteiger partial charge in [0, 0.05) is 18.7 Å². The van der Waals surface area contributed by atoms with Gasteiger partial charge in [-0.25, -0.2) is 8.42 Å². The number of aryl methyl sites for hydroxylation is 2. The SMILES string of the molecule is Cc1ccc(C)c(NS(=O)(=O)c2cc(C(=O)NCc3cccc(CN4CCCC4)c3)ccc2Cl)c1. The van der Waals surface area contributed by atoms with Crippen molar-refractivity contribution >= 4 is 33.2 Å². The Morgan fingerprint density at radius 2 is 1.71 bits per heavy atom. The average Bonchev–Trinajstić information content (AvgIpc) is 3.33. The third-order valence-electron chi connectivity index (χ3n) is 6.17. The van der Waals surface area contributed by atoms with Crippen molar-refractivity contribution in [2.24, 2.45) is 0 Å². The Balaban J connectivity index is 1.46. The maximum absolute atomic E-state index is 13.1. The summed E-state index contributed by atoms with van der Waals surface area (Å²) in [6, 6.07) is 18.0. The second kappa shape index (κ2) is 10.8. The third-order valence-corrected chi connectivity index (χ3v) is 8.02. The van der Waals surface area contributed by atoms with Crippen LogP contribution in [0.5, 0.6) is 0 Å². The molecule has 1 aliphatic rings. The van der Waals surface area contributed by atoms with Gasteiger partial charge in [-0.3, -0.25) is 14.4 Å². The first-order valence-corrected chi connectivity index (χ1v) is 13.6. The van der Waals surface area contributed by atoms with Crippen molar-refractivity contribution in [1.82, 2.24) is 10.2 Å². The summed E-state index contributed by atoms with van der Waals surface area (Å²) in [6.07, 6.45) is 2.49. The maximum Gasteiger partial charge on any atom is 0.263 e. The zero-order chi connectivity index (χ0) is 25.0. The van der Waals surface area contributed by atoms with Crippen LogP contribution in [0.25, 0.3) is 0 Å². The molecule has 1 saturated heterocycles. The number of carbonyl (C=O) groups excluding carboxylic acids is 1. The lowest BCUT2D eigenvalue weighted by Gasteiger charge is -2.15. The molecule has 1 fully saturated rings. The predicted octanol–water partition coefficient (Wildman–Crippen LogP) is 5.28. The molecule has 6 nitrogen and oxygen atoms in total. The molecule has 0 bridgehead atoms. The maximum atomic E-state index is 13.1. The number of amides is 1. The van der Waals surface area contributed by atoms with Crippen LogP contribution in [0, 0.1) is 13.8 Å². The van der Waals surface area contributed by atoms with E-state index in [0.717, 1.165) is 36.3 Å². The lowest BCUT2D eigenvalue weighted by atomic mass is 10.1. The highest BCUT2D eigenvalue weighted by atomic mass is 35.5. The number of hydrogen-bond acceptors (Lipinski definition) is 4. The van der Waals surface area contributed by atoms with Crippen LogP contribution in [0.1, 0.15) is 45.5 Å². The molecule has 35 heavy (non-hydrogen) atoms. The number of likely N-dealkylation sites (tertiary alicyclic amines) is 1. The zero-order valence-corrected chi connectivity index (χ0v) is 21.5. The third kappa shape index (κ3) is 6.42. The Bertz CT molecular complexity index is 1340. The fourth-order valence-corrected chi connectivity index (χ4v) is 5.87. The molecular weight excluding hydrogens is 482 g/mol. The van der Waals surface area contributed by atoms with E-state index >= 15 is 0 Å². The van der Waals surface area contributed by atoms with Crippen molar-refractivity contribution in [3.63, 3.8) is 0 Å². The van der Waals surface area contributed by atoms with Crippen molar-refractivity contribution in [2.75, 3.05) is 17.8 Å². The molecule has 1 amide bonds. The molecule has 1 aliphatic heterocycles. The highest BCUT2D eigenvalue weighted by Gasteiger charge is 2.21. The second-order valence-electron chi connectivity index (χ2n) is 9.05. The molecule has 0 saturated carbocycles. The number of carbonyl (C=O) groups is 1. The van der Waals surface area contributed by atoms with Crippen LogP contribution >= 0.6 is 11.6 Å². The van der Waals surface area contributed by atoms with Gasteiger partial charge in [0.25, 0.3) is 15.9 Å². The Labute approximate surface area is 212 Å². The van der Waals surface area contributed by atoms with E-state index < -0.39 is 10.0 Å². The van der Waals surface area contributed by atoms with Gasteiger partial charge in [-0.1, -0.05) is 48.0 Å². The summed E-state index contributed by atoms with van der Waals surface area (Å²) < 4.78 is 28.8. The summed E-state index contributed by atoms with van der Waals surface area (Å²) in [6.45, 7) is 7.22. The van der Waals surface area contributed by atoms with E-state index in [-0.39, 0.29) is 21.4 Å². The molecule has 0 atom stereocenters. The van der Waals surface area contributed by atoms with E-state index in [2.05, 4.69) is 27.1 Å². The summed E-state index contributed by atoms with van der Waals surface area (Å²) in [4.78, 5) is 15.1. The van der Waals surface area contributed by atoms with Gasteiger partial charge < -0.3 is 5.32 Å². The first-order valence-electron chi connectivity index (χ1n) is 11.7. The van der Waals surface area contributed by atoms with Crippen molar-refractivity contribution in [3.8, 4) is 0 Å². The first kappa shape index (κ1) is 25.2. The lowest BCUT2D eigenvalue weighted by Crippen LogP contribution is -2.24. The minimum Gasteiger partial charge on any atom is -0.348 e. The number of rotatable bonds is 8. The molecule has 2 N–H and O–H groups in total. The number of halogens is 1. The van der Waals surface area contributed by atoms with Crippen molar-refractivity contribution in [1.29, 1.82) is 0 Å². The Kier molecular flexibility index (Phi) is 7.79. The molecule has 0 spiro atoms. The lowest BCUT2D eigenvalue weighted by molar-refractivity contribution is 0.0950. The predicted molar refractivity (Wildman–Crippen MR) is 140 cm³/mol. The van der Waals surface area contributed by atoms with Crippen molar-refractivity contribution in [2.45, 2.75) is 44.7 Å². The van der Waals surface area contributed by atoms with E-state index in [0.29, 0.717) is 12.2 Å². The summed E-state index contributed by atoms with van der Waals surface area (Å²) in [5.74, 6) is -0.366. The van der Waals surface area contributed by atoms with Crippen LogP contribution < -0.4 is 10.0 Å². The zero-order valence-electron chi connectivity index (χ0n) is 20.0. The number of hydrogen-bond donors (Lipinski definition) is 2.